The molecule has 0 fully saturated rings. The summed E-state index contributed by atoms with van der Waals surface area (Å²) < 4.78 is 10.5. The second-order valence-electron chi connectivity index (χ2n) is 7.32. The molecule has 9 nitrogen and oxygen atoms in total. The number of carbonyl (C=O) groups excluding carboxylic acids is 3. The normalized spacial score (nSPS) is 10.2. The molecule has 0 radical (unpaired) electrons. The summed E-state index contributed by atoms with van der Waals surface area (Å²) in [5.74, 6) is 0.117. The van der Waals surface area contributed by atoms with Crippen LogP contribution in [0.4, 0.5) is 10.5 Å². The van der Waals surface area contributed by atoms with Crippen LogP contribution in [0.3, 0.4) is 0 Å². The van der Waals surface area contributed by atoms with Crippen molar-refractivity contribution in [2.45, 2.75) is 13.0 Å². The molecular formula is C23H30N4O5. The van der Waals surface area contributed by atoms with Crippen LogP contribution in [-0.2, 0) is 11.3 Å². The van der Waals surface area contributed by atoms with Gasteiger partial charge in [-0.1, -0.05) is 30.3 Å². The van der Waals surface area contributed by atoms with Crippen LogP contribution in [0.15, 0.2) is 42.5 Å². The van der Waals surface area contributed by atoms with Gasteiger partial charge in [0.15, 0.2) is 11.5 Å². The van der Waals surface area contributed by atoms with Gasteiger partial charge in [0.2, 0.25) is 5.91 Å². The minimum atomic E-state index is -0.351. The van der Waals surface area contributed by atoms with E-state index in [0.717, 1.165) is 5.56 Å². The van der Waals surface area contributed by atoms with Gasteiger partial charge >= 0.3 is 6.03 Å². The van der Waals surface area contributed by atoms with Crippen LogP contribution in [0.2, 0.25) is 0 Å². The first-order valence-corrected chi connectivity index (χ1v) is 10.1. The van der Waals surface area contributed by atoms with Crippen molar-refractivity contribution in [3.8, 4) is 11.5 Å². The minimum Gasteiger partial charge on any atom is -0.493 e. The summed E-state index contributed by atoms with van der Waals surface area (Å²) in [5.41, 5.74) is 1.58. The lowest BCUT2D eigenvalue weighted by Gasteiger charge is -2.19. The number of anilines is 1. The van der Waals surface area contributed by atoms with E-state index in [0.29, 0.717) is 23.7 Å². The van der Waals surface area contributed by atoms with E-state index < -0.39 is 0 Å². The molecule has 0 aliphatic carbocycles. The average Bonchev–Trinajstić information content (AvgIpc) is 2.78. The van der Waals surface area contributed by atoms with Crippen molar-refractivity contribution in [3.05, 3.63) is 53.6 Å². The van der Waals surface area contributed by atoms with Crippen LogP contribution in [0.5, 0.6) is 11.5 Å². The highest BCUT2D eigenvalue weighted by Gasteiger charge is 2.20. The fourth-order valence-electron chi connectivity index (χ4n) is 2.96. The number of urea groups is 1. The number of nitrogens with one attached hydrogen (secondary N) is 2. The zero-order chi connectivity index (χ0) is 23.7. The Morgan fingerprint density at radius 1 is 0.938 bits per heavy atom. The average molecular weight is 443 g/mol. The SMILES string of the molecule is COc1cc(NC(=O)CCNC(=O)N(C)Cc2ccccc2)c(C(=O)N(C)C)cc1OC. The standard InChI is InChI=1S/C23H30N4O5/c1-26(2)22(29)17-13-19(31-4)20(32-5)14-18(17)25-21(28)11-12-24-23(30)27(3)15-16-9-7-6-8-10-16/h6-10,13-14H,11-12,15H2,1-5H3,(H,24,30)(H,25,28). The van der Waals surface area contributed by atoms with Crippen LogP contribution in [0.1, 0.15) is 22.3 Å². The third kappa shape index (κ3) is 6.63. The highest BCUT2D eigenvalue weighted by Crippen LogP contribution is 2.34. The molecule has 0 saturated carbocycles. The molecule has 2 aromatic carbocycles. The molecule has 172 valence electrons. The second-order valence-corrected chi connectivity index (χ2v) is 7.32. The summed E-state index contributed by atoms with van der Waals surface area (Å²) in [7, 11) is 7.86. The van der Waals surface area contributed by atoms with E-state index >= 15 is 0 Å². The molecule has 0 heterocycles. The number of ether oxygens (including phenoxy) is 2. The second kappa shape index (κ2) is 11.6. The van der Waals surface area contributed by atoms with Gasteiger partial charge in [-0.25, -0.2) is 4.79 Å². The Bertz CT molecular complexity index is 947. The molecule has 0 atom stereocenters. The van der Waals surface area contributed by atoms with Crippen LogP contribution in [0.25, 0.3) is 0 Å². The first-order valence-electron chi connectivity index (χ1n) is 10.1. The van der Waals surface area contributed by atoms with Crippen molar-refractivity contribution in [2.75, 3.05) is 47.2 Å². The number of amides is 4. The Kier molecular flexibility index (Phi) is 8.88. The van der Waals surface area contributed by atoms with E-state index in [1.54, 1.807) is 27.2 Å². The lowest BCUT2D eigenvalue weighted by molar-refractivity contribution is -0.116. The lowest BCUT2D eigenvalue weighted by atomic mass is 10.1. The Morgan fingerprint density at radius 2 is 1.56 bits per heavy atom. The molecule has 9 heteroatoms. The fourth-order valence-corrected chi connectivity index (χ4v) is 2.96. The Hall–Kier alpha value is -3.75. The summed E-state index contributed by atoms with van der Waals surface area (Å²) in [4.78, 5) is 40.2. The Morgan fingerprint density at radius 3 is 2.16 bits per heavy atom. The number of methoxy groups -OCH3 is 2. The van der Waals surface area contributed by atoms with E-state index in [-0.39, 0.29) is 36.4 Å². The quantitative estimate of drug-likeness (QED) is 0.622. The molecule has 0 aliphatic heterocycles. The zero-order valence-corrected chi connectivity index (χ0v) is 19.1. The van der Waals surface area contributed by atoms with Gasteiger partial charge in [-0.05, 0) is 11.6 Å². The summed E-state index contributed by atoms with van der Waals surface area (Å²) in [6, 6.07) is 12.4. The van der Waals surface area contributed by atoms with Crippen molar-refractivity contribution in [1.82, 2.24) is 15.1 Å². The summed E-state index contributed by atoms with van der Waals surface area (Å²) >= 11 is 0. The molecule has 0 unspecified atom stereocenters. The highest BCUT2D eigenvalue weighted by atomic mass is 16.5. The third-order valence-corrected chi connectivity index (χ3v) is 4.67. The number of carbonyl (C=O) groups is 3. The van der Waals surface area contributed by atoms with Gasteiger partial charge in [0.1, 0.15) is 0 Å². The van der Waals surface area contributed by atoms with Crippen LogP contribution in [0, 0.1) is 0 Å². The largest absolute Gasteiger partial charge is 0.493 e. The highest BCUT2D eigenvalue weighted by molar-refractivity contribution is 6.04. The zero-order valence-electron chi connectivity index (χ0n) is 19.1. The monoisotopic (exact) mass is 442 g/mol. The van der Waals surface area contributed by atoms with E-state index in [2.05, 4.69) is 10.6 Å². The maximum absolute atomic E-state index is 12.6. The molecule has 2 N–H and O–H groups in total. The maximum Gasteiger partial charge on any atom is 0.317 e. The molecule has 2 aromatic rings. The van der Waals surface area contributed by atoms with Gasteiger partial charge < -0.3 is 29.9 Å². The smallest absolute Gasteiger partial charge is 0.317 e. The minimum absolute atomic E-state index is 0.0366. The first kappa shape index (κ1) is 24.5. The van der Waals surface area contributed by atoms with Crippen LogP contribution >= 0.6 is 0 Å². The molecule has 0 aromatic heterocycles. The third-order valence-electron chi connectivity index (χ3n) is 4.67. The van der Waals surface area contributed by atoms with Crippen molar-refractivity contribution < 1.29 is 23.9 Å². The van der Waals surface area contributed by atoms with Gasteiger partial charge in [0.05, 0.1) is 25.5 Å². The van der Waals surface area contributed by atoms with Crippen molar-refractivity contribution >= 4 is 23.5 Å². The summed E-state index contributed by atoms with van der Waals surface area (Å²) in [5, 5.41) is 5.45. The fraction of sp³-hybridized carbons (Fsp3) is 0.348. The number of hydrogen-bond donors (Lipinski definition) is 2. The molecular weight excluding hydrogens is 412 g/mol. The maximum atomic E-state index is 12.6. The lowest BCUT2D eigenvalue weighted by Crippen LogP contribution is -2.38. The predicted octanol–water partition coefficient (Wildman–Crippen LogP) is 2.58. The van der Waals surface area contributed by atoms with E-state index in [1.165, 1.54) is 30.1 Å². The van der Waals surface area contributed by atoms with Crippen molar-refractivity contribution in [3.63, 3.8) is 0 Å². The summed E-state index contributed by atoms with van der Waals surface area (Å²) in [6.07, 6.45) is 0.0366. The van der Waals surface area contributed by atoms with E-state index in [9.17, 15) is 14.4 Å². The van der Waals surface area contributed by atoms with Gasteiger partial charge in [-0.3, -0.25) is 9.59 Å². The van der Waals surface area contributed by atoms with Crippen LogP contribution < -0.4 is 20.1 Å². The first-order chi connectivity index (χ1) is 15.3. The molecule has 2 rings (SSSR count). The van der Waals surface area contributed by atoms with Gasteiger partial charge in [0, 0.05) is 46.7 Å². The van der Waals surface area contributed by atoms with Gasteiger partial charge in [0.25, 0.3) is 5.91 Å². The molecule has 4 amide bonds. The van der Waals surface area contributed by atoms with Gasteiger partial charge in [-0.15, -0.1) is 0 Å². The summed E-state index contributed by atoms with van der Waals surface area (Å²) in [6.45, 7) is 0.606. The number of hydrogen-bond acceptors (Lipinski definition) is 5. The molecule has 32 heavy (non-hydrogen) atoms. The molecule has 0 bridgehead atoms. The van der Waals surface area contributed by atoms with Crippen molar-refractivity contribution in [2.24, 2.45) is 0 Å². The number of benzene rings is 2. The molecule has 0 saturated heterocycles. The Balaban J connectivity index is 1.98. The van der Waals surface area contributed by atoms with E-state index in [1.807, 2.05) is 30.3 Å². The van der Waals surface area contributed by atoms with Gasteiger partial charge in [-0.2, -0.15) is 0 Å². The predicted molar refractivity (Wildman–Crippen MR) is 122 cm³/mol. The molecule has 0 spiro atoms. The Labute approximate surface area is 188 Å². The topological polar surface area (TPSA) is 100 Å². The van der Waals surface area contributed by atoms with Crippen LogP contribution in [-0.4, -0.2) is 69.6 Å². The van der Waals surface area contributed by atoms with E-state index in [4.69, 9.17) is 9.47 Å². The van der Waals surface area contributed by atoms with Crippen molar-refractivity contribution in [1.29, 1.82) is 0 Å². The molecule has 0 aliphatic rings. The number of nitrogens with zero attached hydrogens (tertiary/aromatic N) is 2. The number of rotatable bonds is 9.